The number of benzene rings is 2. The van der Waals surface area contributed by atoms with Gasteiger partial charge in [-0.3, -0.25) is 14.4 Å². The Balaban J connectivity index is 0.00000168. The van der Waals surface area contributed by atoms with Crippen molar-refractivity contribution in [3.8, 4) is 11.8 Å². The molecule has 0 bridgehead atoms. The second-order valence-electron chi connectivity index (χ2n) is 7.10. The second kappa shape index (κ2) is 15.3. The van der Waals surface area contributed by atoms with Crippen molar-refractivity contribution >= 4 is 23.5 Å². The van der Waals surface area contributed by atoms with E-state index in [0.29, 0.717) is 6.54 Å². The Kier molecular flexibility index (Phi) is 12.7. The molecule has 0 spiro atoms. The molecule has 1 aliphatic rings. The normalized spacial score (nSPS) is 10.7. The maximum Gasteiger partial charge on any atom is 0.303 e. The van der Waals surface area contributed by atoms with Gasteiger partial charge in [-0.25, -0.2) is 0 Å². The highest BCUT2D eigenvalue weighted by Crippen LogP contribution is 2.25. The van der Waals surface area contributed by atoms with Crippen molar-refractivity contribution in [3.63, 3.8) is 0 Å². The number of nitrogens with zero attached hydrogens (tertiary/aromatic N) is 1. The molecule has 0 fully saturated rings. The number of hydrogen-bond donors (Lipinski definition) is 2. The standard InChI is InChI=1S/C22H20N2O4.C3H8.C2H6.H2/c25-20(11-12-22(27)28)23-14-13-21(26)24-15-18-7-2-1-5-16(18)9-10-17-6-3-4-8-19(17)24;1-3-2;1-2;/h1-8H,11-15H2,(H,23,25)(H,27,28);3H2,1-2H3;1-2H3;1H. The van der Waals surface area contributed by atoms with Crippen molar-refractivity contribution in [2.24, 2.45) is 0 Å². The third kappa shape index (κ3) is 9.20. The van der Waals surface area contributed by atoms with E-state index in [0.717, 1.165) is 22.4 Å². The highest BCUT2D eigenvalue weighted by atomic mass is 16.4. The molecule has 0 saturated heterocycles. The van der Waals surface area contributed by atoms with E-state index in [-0.39, 0.29) is 39.0 Å². The van der Waals surface area contributed by atoms with Gasteiger partial charge in [0.25, 0.3) is 0 Å². The Morgan fingerprint density at radius 3 is 2.18 bits per heavy atom. The fourth-order valence-corrected chi connectivity index (χ4v) is 2.96. The Labute approximate surface area is 198 Å². The van der Waals surface area contributed by atoms with Crippen molar-refractivity contribution in [1.82, 2.24) is 5.32 Å². The topological polar surface area (TPSA) is 86.7 Å². The molecule has 0 aliphatic carbocycles. The Morgan fingerprint density at radius 2 is 1.52 bits per heavy atom. The van der Waals surface area contributed by atoms with Crippen molar-refractivity contribution in [2.45, 2.75) is 59.9 Å². The predicted octanol–water partition coefficient (Wildman–Crippen LogP) is 4.99. The number of nitrogens with one attached hydrogen (secondary N) is 1. The summed E-state index contributed by atoms with van der Waals surface area (Å²) in [6, 6.07) is 15.2. The number of aliphatic carboxylic acids is 1. The number of carbonyl (C=O) groups excluding carboxylic acids is 2. The first-order valence-corrected chi connectivity index (χ1v) is 11.4. The molecular formula is C27H36N2O4. The molecule has 2 amide bonds. The number of carboxylic acid groups (broad SMARTS) is 1. The molecule has 178 valence electrons. The Hall–Kier alpha value is -3.59. The molecule has 6 heteroatoms. The van der Waals surface area contributed by atoms with Gasteiger partial charge in [0.15, 0.2) is 0 Å². The van der Waals surface area contributed by atoms with E-state index in [1.807, 2.05) is 62.4 Å². The molecule has 0 saturated carbocycles. The lowest BCUT2D eigenvalue weighted by Crippen LogP contribution is -2.35. The summed E-state index contributed by atoms with van der Waals surface area (Å²) in [6.07, 6.45) is 1.04. The molecule has 6 nitrogen and oxygen atoms in total. The van der Waals surface area contributed by atoms with Gasteiger partial charge in [-0.15, -0.1) is 0 Å². The van der Waals surface area contributed by atoms with Gasteiger partial charge >= 0.3 is 5.97 Å². The van der Waals surface area contributed by atoms with E-state index in [1.54, 1.807) is 4.90 Å². The minimum Gasteiger partial charge on any atom is -0.481 e. The van der Waals surface area contributed by atoms with E-state index in [2.05, 4.69) is 31.0 Å². The van der Waals surface area contributed by atoms with E-state index in [1.165, 1.54) is 6.42 Å². The fourth-order valence-electron chi connectivity index (χ4n) is 2.96. The predicted molar refractivity (Wildman–Crippen MR) is 134 cm³/mol. The van der Waals surface area contributed by atoms with Gasteiger partial charge in [-0.1, -0.05) is 76.3 Å². The lowest BCUT2D eigenvalue weighted by Gasteiger charge is -2.26. The molecular weight excluding hydrogens is 416 g/mol. The largest absolute Gasteiger partial charge is 0.481 e. The van der Waals surface area contributed by atoms with Crippen LogP contribution in [0.4, 0.5) is 5.69 Å². The van der Waals surface area contributed by atoms with Crippen LogP contribution in [0.5, 0.6) is 0 Å². The SMILES string of the molecule is CC.CCC.O=C(O)CCC(=O)NCCC(=O)N1Cc2ccccc2C#Cc2ccccc21.[HH]. The lowest BCUT2D eigenvalue weighted by atomic mass is 10.0. The summed E-state index contributed by atoms with van der Waals surface area (Å²) < 4.78 is 0. The second-order valence-corrected chi connectivity index (χ2v) is 7.10. The minimum absolute atomic E-state index is 0. The van der Waals surface area contributed by atoms with Crippen LogP contribution in [0.3, 0.4) is 0 Å². The summed E-state index contributed by atoms with van der Waals surface area (Å²) in [5, 5.41) is 11.2. The van der Waals surface area contributed by atoms with Gasteiger partial charge in [0.1, 0.15) is 0 Å². The average molecular weight is 453 g/mol. The average Bonchev–Trinajstić information content (AvgIpc) is 2.81. The van der Waals surface area contributed by atoms with E-state index in [9.17, 15) is 14.4 Å². The summed E-state index contributed by atoms with van der Waals surface area (Å²) in [6.45, 7) is 8.80. The number of rotatable bonds is 6. The molecule has 1 aliphatic heterocycles. The number of fused-ring (bicyclic) bond motifs is 2. The number of hydrogen-bond acceptors (Lipinski definition) is 3. The van der Waals surface area contributed by atoms with Crippen LogP contribution < -0.4 is 10.2 Å². The molecule has 2 aromatic carbocycles. The first kappa shape index (κ1) is 27.4. The third-order valence-electron chi connectivity index (χ3n) is 4.40. The first-order chi connectivity index (χ1) is 16.0. The van der Waals surface area contributed by atoms with Gasteiger partial charge in [-0.2, -0.15) is 0 Å². The molecule has 1 heterocycles. The molecule has 0 aromatic heterocycles. The van der Waals surface area contributed by atoms with Crippen LogP contribution in [0.25, 0.3) is 0 Å². The number of carboxylic acids is 1. The lowest BCUT2D eigenvalue weighted by molar-refractivity contribution is -0.138. The van der Waals surface area contributed by atoms with Crippen molar-refractivity contribution in [3.05, 3.63) is 65.2 Å². The number of anilines is 1. The molecule has 33 heavy (non-hydrogen) atoms. The van der Waals surface area contributed by atoms with Crippen LogP contribution in [-0.2, 0) is 20.9 Å². The zero-order valence-electron chi connectivity index (χ0n) is 20.0. The van der Waals surface area contributed by atoms with Gasteiger partial charge in [0.05, 0.1) is 18.7 Å². The van der Waals surface area contributed by atoms with Gasteiger partial charge in [0, 0.05) is 31.9 Å². The van der Waals surface area contributed by atoms with Crippen LogP contribution in [0.15, 0.2) is 48.5 Å². The molecule has 0 unspecified atom stereocenters. The minimum atomic E-state index is -1.02. The molecule has 0 atom stereocenters. The number of amides is 2. The van der Waals surface area contributed by atoms with Crippen molar-refractivity contribution in [2.75, 3.05) is 11.4 Å². The molecule has 2 N–H and O–H groups in total. The quantitative estimate of drug-likeness (QED) is 0.605. The van der Waals surface area contributed by atoms with Crippen LogP contribution >= 0.6 is 0 Å². The smallest absolute Gasteiger partial charge is 0.303 e. The monoisotopic (exact) mass is 452 g/mol. The molecule has 2 aromatic rings. The van der Waals surface area contributed by atoms with Crippen LogP contribution in [0.2, 0.25) is 0 Å². The van der Waals surface area contributed by atoms with Crippen molar-refractivity contribution in [1.29, 1.82) is 0 Å². The summed E-state index contributed by atoms with van der Waals surface area (Å²) in [7, 11) is 0. The third-order valence-corrected chi connectivity index (χ3v) is 4.40. The van der Waals surface area contributed by atoms with E-state index >= 15 is 0 Å². The number of para-hydroxylation sites is 1. The summed E-state index contributed by atoms with van der Waals surface area (Å²) >= 11 is 0. The maximum atomic E-state index is 12.9. The van der Waals surface area contributed by atoms with Crippen molar-refractivity contribution < 1.29 is 20.9 Å². The maximum absolute atomic E-state index is 12.9. The van der Waals surface area contributed by atoms with E-state index < -0.39 is 5.97 Å². The zero-order valence-corrected chi connectivity index (χ0v) is 20.0. The Morgan fingerprint density at radius 1 is 0.939 bits per heavy atom. The number of carbonyl (C=O) groups is 3. The van der Waals surface area contributed by atoms with Gasteiger partial charge in [-0.05, 0) is 23.8 Å². The molecule has 3 rings (SSSR count). The van der Waals surface area contributed by atoms with Crippen LogP contribution in [-0.4, -0.2) is 29.4 Å². The Bertz CT molecular complexity index is 995. The highest BCUT2D eigenvalue weighted by molar-refractivity contribution is 5.95. The van der Waals surface area contributed by atoms with E-state index in [4.69, 9.17) is 5.11 Å². The molecule has 0 radical (unpaired) electrons. The summed E-state index contributed by atoms with van der Waals surface area (Å²) in [5.41, 5.74) is 3.36. The van der Waals surface area contributed by atoms with Crippen LogP contribution in [0.1, 0.15) is 71.5 Å². The van der Waals surface area contributed by atoms with Gasteiger partial charge < -0.3 is 15.3 Å². The van der Waals surface area contributed by atoms with Gasteiger partial charge in [0.2, 0.25) is 11.8 Å². The first-order valence-electron chi connectivity index (χ1n) is 11.4. The fraction of sp³-hybridized carbons (Fsp3) is 0.370. The zero-order chi connectivity index (χ0) is 24.6. The summed E-state index contributed by atoms with van der Waals surface area (Å²) in [5.74, 6) is 4.77. The summed E-state index contributed by atoms with van der Waals surface area (Å²) in [4.78, 5) is 36.8. The van der Waals surface area contributed by atoms with Crippen LogP contribution in [0, 0.1) is 11.8 Å². The highest BCUT2D eigenvalue weighted by Gasteiger charge is 2.21.